The Morgan fingerprint density at radius 3 is 2.41 bits per heavy atom. The number of amidine groups is 1. The lowest BCUT2D eigenvalue weighted by Gasteiger charge is -2.53. The van der Waals surface area contributed by atoms with Crippen LogP contribution >= 0.6 is 11.6 Å². The fourth-order valence-corrected chi connectivity index (χ4v) is 5.69. The highest BCUT2D eigenvalue weighted by atomic mass is 35.5. The van der Waals surface area contributed by atoms with Crippen LogP contribution in [0.25, 0.3) is 0 Å². The molecule has 4 nitrogen and oxygen atoms in total. The number of benzene rings is 1. The second-order valence-corrected chi connectivity index (χ2v) is 9.26. The van der Waals surface area contributed by atoms with Crippen LogP contribution in [0.15, 0.2) is 23.2 Å². The van der Waals surface area contributed by atoms with Gasteiger partial charge in [0.05, 0.1) is 6.04 Å². The zero-order valence-corrected chi connectivity index (χ0v) is 16.5. The Bertz CT molecular complexity index is 773. The van der Waals surface area contributed by atoms with Crippen molar-refractivity contribution in [2.75, 3.05) is 0 Å². The summed E-state index contributed by atoms with van der Waals surface area (Å²) in [6.07, 6.45) is 8.34. The van der Waals surface area contributed by atoms with Crippen LogP contribution in [0.2, 0.25) is 5.02 Å². The smallest absolute Gasteiger partial charge is 0.182 e. The first-order valence-electron chi connectivity index (χ1n) is 9.73. The molecule has 0 heterocycles. The van der Waals surface area contributed by atoms with Gasteiger partial charge in [-0.25, -0.2) is 4.39 Å². The summed E-state index contributed by atoms with van der Waals surface area (Å²) in [7, 11) is 0. The summed E-state index contributed by atoms with van der Waals surface area (Å²) in [6, 6.07) is 4.54. The van der Waals surface area contributed by atoms with Gasteiger partial charge < -0.3 is 4.74 Å². The molecule has 0 radical (unpaired) electrons. The van der Waals surface area contributed by atoms with Crippen molar-refractivity contribution < 1.29 is 9.13 Å². The van der Waals surface area contributed by atoms with Gasteiger partial charge in [0.2, 0.25) is 0 Å². The molecule has 5 rings (SSSR count). The van der Waals surface area contributed by atoms with Crippen LogP contribution in [0.5, 0.6) is 5.75 Å². The molecule has 144 valence electrons. The summed E-state index contributed by atoms with van der Waals surface area (Å²) < 4.78 is 20.1. The van der Waals surface area contributed by atoms with Crippen LogP contribution in [-0.4, -0.2) is 17.5 Å². The average molecular weight is 390 g/mol. The largest absolute Gasteiger partial charge is 0.477 e. The first kappa shape index (κ1) is 18.6. The fraction of sp³-hybridized carbons (Fsp3) is 0.619. The van der Waals surface area contributed by atoms with Crippen LogP contribution in [0.3, 0.4) is 0 Å². The van der Waals surface area contributed by atoms with Gasteiger partial charge in [-0.3, -0.25) is 10.3 Å². The van der Waals surface area contributed by atoms with E-state index in [0.29, 0.717) is 22.7 Å². The lowest BCUT2D eigenvalue weighted by Crippen LogP contribution is -2.51. The molecule has 0 aromatic heterocycles. The lowest BCUT2D eigenvalue weighted by molar-refractivity contribution is 0.000587. The molecule has 4 fully saturated rings. The van der Waals surface area contributed by atoms with E-state index >= 15 is 0 Å². The van der Waals surface area contributed by atoms with Crippen molar-refractivity contribution >= 4 is 17.4 Å². The SMILES string of the molecule is CC(C)(Oc1ccc(Cl)cc1F)C(=NC1C2CC3CC(C2)CC1C3)NC#N. The normalized spacial score (nSPS) is 32.3. The van der Waals surface area contributed by atoms with Gasteiger partial charge in [0.1, 0.15) is 0 Å². The third-order valence-electron chi connectivity index (χ3n) is 6.46. The number of rotatable bonds is 4. The van der Waals surface area contributed by atoms with Gasteiger partial charge in [0.25, 0.3) is 0 Å². The predicted molar refractivity (Wildman–Crippen MR) is 103 cm³/mol. The van der Waals surface area contributed by atoms with Crippen molar-refractivity contribution in [1.29, 1.82) is 5.26 Å². The Kier molecular flexibility index (Phi) is 4.80. The minimum atomic E-state index is -0.959. The Labute approximate surface area is 164 Å². The molecule has 1 N–H and O–H groups in total. The standard InChI is InChI=1S/C21H25ClFN3O/c1-21(2,27-18-4-3-16(22)10-17(18)23)20(25-11-24)26-19-14-6-12-5-13(8-14)9-15(19)7-12/h3-4,10,12-15,19H,5-9H2,1-2H3,(H,25,26). The zero-order chi connectivity index (χ0) is 19.2. The van der Waals surface area contributed by atoms with Crippen molar-refractivity contribution in [2.45, 2.75) is 57.6 Å². The maximum absolute atomic E-state index is 14.2. The van der Waals surface area contributed by atoms with E-state index in [0.717, 1.165) is 11.8 Å². The minimum Gasteiger partial charge on any atom is -0.477 e. The Morgan fingerprint density at radius 1 is 1.22 bits per heavy atom. The molecule has 4 saturated carbocycles. The number of ether oxygens (including phenoxy) is 1. The van der Waals surface area contributed by atoms with Crippen molar-refractivity contribution in [3.8, 4) is 11.9 Å². The van der Waals surface area contributed by atoms with Crippen LogP contribution < -0.4 is 10.1 Å². The molecule has 0 unspecified atom stereocenters. The molecular weight excluding hydrogens is 365 g/mol. The molecule has 1 aromatic carbocycles. The number of halogens is 2. The molecule has 0 atom stereocenters. The molecule has 1 aromatic rings. The van der Waals surface area contributed by atoms with Crippen LogP contribution in [0.4, 0.5) is 4.39 Å². The molecule has 0 amide bonds. The van der Waals surface area contributed by atoms with Crippen molar-refractivity contribution in [3.63, 3.8) is 0 Å². The summed E-state index contributed by atoms with van der Waals surface area (Å²) in [4.78, 5) is 4.99. The highest BCUT2D eigenvalue weighted by Crippen LogP contribution is 2.54. The molecule has 6 heteroatoms. The molecule has 4 aliphatic rings. The van der Waals surface area contributed by atoms with Gasteiger partial charge >= 0.3 is 0 Å². The predicted octanol–water partition coefficient (Wildman–Crippen LogP) is 4.93. The first-order chi connectivity index (χ1) is 12.9. The van der Waals surface area contributed by atoms with Crippen LogP contribution in [-0.2, 0) is 0 Å². The highest BCUT2D eigenvalue weighted by Gasteiger charge is 2.48. The Hall–Kier alpha value is -1.80. The van der Waals surface area contributed by atoms with E-state index in [9.17, 15) is 9.65 Å². The maximum Gasteiger partial charge on any atom is 0.182 e. The minimum absolute atomic E-state index is 0.0990. The molecule has 27 heavy (non-hydrogen) atoms. The van der Waals surface area contributed by atoms with E-state index in [4.69, 9.17) is 21.3 Å². The van der Waals surface area contributed by atoms with E-state index in [1.807, 2.05) is 6.19 Å². The number of hydrogen-bond donors (Lipinski definition) is 1. The summed E-state index contributed by atoms with van der Waals surface area (Å²) in [5.74, 6) is 2.96. The molecule has 4 bridgehead atoms. The summed E-state index contributed by atoms with van der Waals surface area (Å²) in [6.45, 7) is 3.61. The summed E-state index contributed by atoms with van der Waals surface area (Å²) in [5.41, 5.74) is -0.959. The number of nitrogens with one attached hydrogen (secondary N) is 1. The molecule has 0 spiro atoms. The number of hydrogen-bond acceptors (Lipinski definition) is 3. The average Bonchev–Trinajstić information content (AvgIpc) is 2.59. The monoisotopic (exact) mass is 389 g/mol. The van der Waals surface area contributed by atoms with Gasteiger partial charge in [0, 0.05) is 5.02 Å². The molecule has 0 saturated heterocycles. The van der Waals surface area contributed by atoms with Crippen LogP contribution in [0, 0.1) is 40.9 Å². The van der Waals surface area contributed by atoms with Crippen molar-refractivity contribution in [2.24, 2.45) is 28.7 Å². The van der Waals surface area contributed by atoms with Crippen molar-refractivity contribution in [3.05, 3.63) is 29.0 Å². The molecular formula is C21H25ClFN3O. The Morgan fingerprint density at radius 2 is 1.85 bits per heavy atom. The highest BCUT2D eigenvalue weighted by molar-refractivity contribution is 6.30. The second-order valence-electron chi connectivity index (χ2n) is 8.82. The fourth-order valence-electron chi connectivity index (χ4n) is 5.53. The molecule has 0 aliphatic heterocycles. The number of nitrogens with zero attached hydrogens (tertiary/aromatic N) is 2. The van der Waals surface area contributed by atoms with E-state index in [1.165, 1.54) is 44.2 Å². The summed E-state index contributed by atoms with van der Waals surface area (Å²) in [5, 5.41) is 12.3. The zero-order valence-electron chi connectivity index (χ0n) is 15.7. The van der Waals surface area contributed by atoms with Gasteiger partial charge in [-0.05, 0) is 87.8 Å². The van der Waals surface area contributed by atoms with Gasteiger partial charge in [-0.1, -0.05) is 11.6 Å². The third-order valence-corrected chi connectivity index (χ3v) is 6.69. The molecule has 4 aliphatic carbocycles. The van der Waals surface area contributed by atoms with Gasteiger partial charge in [-0.15, -0.1) is 0 Å². The van der Waals surface area contributed by atoms with Crippen LogP contribution in [0.1, 0.15) is 46.0 Å². The maximum atomic E-state index is 14.2. The number of nitriles is 1. The van der Waals surface area contributed by atoms with E-state index in [2.05, 4.69) is 5.32 Å². The van der Waals surface area contributed by atoms with E-state index in [1.54, 1.807) is 19.9 Å². The van der Waals surface area contributed by atoms with Crippen molar-refractivity contribution in [1.82, 2.24) is 5.32 Å². The summed E-state index contributed by atoms with van der Waals surface area (Å²) >= 11 is 5.82. The second kappa shape index (κ2) is 6.98. The Balaban J connectivity index is 1.59. The van der Waals surface area contributed by atoms with Gasteiger partial charge in [-0.2, -0.15) is 5.26 Å². The topological polar surface area (TPSA) is 57.4 Å². The third kappa shape index (κ3) is 3.65. The van der Waals surface area contributed by atoms with E-state index < -0.39 is 11.4 Å². The van der Waals surface area contributed by atoms with E-state index in [-0.39, 0.29) is 11.8 Å². The quantitative estimate of drug-likeness (QED) is 0.344. The number of aliphatic imine (C=N–C) groups is 1. The first-order valence-corrected chi connectivity index (χ1v) is 10.1. The lowest BCUT2D eigenvalue weighted by atomic mass is 9.54. The van der Waals surface area contributed by atoms with Gasteiger partial charge in [0.15, 0.2) is 29.2 Å².